The molecule has 0 aliphatic heterocycles. The van der Waals surface area contributed by atoms with Gasteiger partial charge in [0.15, 0.2) is 0 Å². The van der Waals surface area contributed by atoms with Crippen LogP contribution in [0.3, 0.4) is 0 Å². The fourth-order valence-corrected chi connectivity index (χ4v) is 4.59. The number of aliphatic hydroxyl groups excluding tert-OH is 1. The van der Waals surface area contributed by atoms with Crippen LogP contribution in [0.25, 0.3) is 22.4 Å². The molecule has 2 aromatic carbocycles. The molecule has 0 aliphatic rings. The largest absolute Gasteiger partial charge is 0.373 e. The molecule has 1 atom stereocenters. The maximum atomic E-state index is 12.7. The van der Waals surface area contributed by atoms with E-state index in [2.05, 4.69) is 46.8 Å². The number of benzene rings is 2. The molecule has 2 aromatic heterocycles. The predicted octanol–water partition coefficient (Wildman–Crippen LogP) is 4.44. The number of hydrogen-bond donors (Lipinski definition) is 3. The molecule has 3 N–H and O–H groups in total. The number of aromatic nitrogens is 3. The number of rotatable bonds is 5. The highest BCUT2D eigenvalue weighted by atomic mass is 79.9. The van der Waals surface area contributed by atoms with Crippen molar-refractivity contribution in [3.63, 3.8) is 0 Å². The van der Waals surface area contributed by atoms with Crippen LogP contribution in [0.15, 0.2) is 68.5 Å². The van der Waals surface area contributed by atoms with Gasteiger partial charge in [-0.3, -0.25) is 4.79 Å². The van der Waals surface area contributed by atoms with E-state index in [1.54, 1.807) is 24.2 Å². The van der Waals surface area contributed by atoms with Crippen molar-refractivity contribution in [1.29, 1.82) is 0 Å². The number of nitrogens with zero attached hydrogens (tertiary/aromatic N) is 2. The Bertz CT molecular complexity index is 1220. The quantitative estimate of drug-likeness (QED) is 0.342. The average Bonchev–Trinajstić information content (AvgIpc) is 3.11. The Balaban J connectivity index is 1.76. The third kappa shape index (κ3) is 4.01. The van der Waals surface area contributed by atoms with Gasteiger partial charge in [-0.1, -0.05) is 46.3 Å². The normalized spacial score (nSPS) is 12.3. The van der Waals surface area contributed by atoms with Gasteiger partial charge in [0.1, 0.15) is 23.1 Å². The van der Waals surface area contributed by atoms with Gasteiger partial charge >= 0.3 is 0 Å². The van der Waals surface area contributed by atoms with Crippen molar-refractivity contribution < 1.29 is 5.11 Å². The maximum Gasteiger partial charge on any atom is 0.261 e. The van der Waals surface area contributed by atoms with Crippen molar-refractivity contribution in [2.24, 2.45) is 0 Å². The van der Waals surface area contributed by atoms with Crippen LogP contribution in [-0.4, -0.2) is 33.3 Å². The van der Waals surface area contributed by atoms with Crippen molar-refractivity contribution in [1.82, 2.24) is 15.0 Å². The van der Waals surface area contributed by atoms with Gasteiger partial charge in [0.25, 0.3) is 5.56 Å². The van der Waals surface area contributed by atoms with E-state index in [1.807, 2.05) is 42.5 Å². The monoisotopic (exact) mass is 516 g/mol. The topological polar surface area (TPSA) is 85.0 Å². The lowest BCUT2D eigenvalue weighted by atomic mass is 10.1. The van der Waals surface area contributed by atoms with E-state index in [9.17, 15) is 9.90 Å². The summed E-state index contributed by atoms with van der Waals surface area (Å²) >= 11 is 6.98. The summed E-state index contributed by atoms with van der Waals surface area (Å²) in [5.41, 5.74) is 3.21. The van der Waals surface area contributed by atoms with Crippen LogP contribution < -0.4 is 10.5 Å². The smallest absolute Gasteiger partial charge is 0.261 e. The first-order valence-electron chi connectivity index (χ1n) is 8.95. The Morgan fingerprint density at radius 1 is 1.17 bits per heavy atom. The van der Waals surface area contributed by atoms with Crippen molar-refractivity contribution >= 4 is 48.6 Å². The number of hydrogen-bond acceptors (Lipinski definition) is 4. The van der Waals surface area contributed by atoms with Crippen LogP contribution in [0.1, 0.15) is 5.56 Å². The molecule has 29 heavy (non-hydrogen) atoms. The van der Waals surface area contributed by atoms with Crippen LogP contribution in [0.2, 0.25) is 0 Å². The number of aromatic amines is 2. The molecule has 4 rings (SSSR count). The average molecular weight is 518 g/mol. The third-order valence-corrected chi connectivity index (χ3v) is 5.83. The molecule has 0 spiro atoms. The summed E-state index contributed by atoms with van der Waals surface area (Å²) in [5.74, 6) is 0.439. The minimum Gasteiger partial charge on any atom is -0.373 e. The lowest BCUT2D eigenvalue weighted by Gasteiger charge is -2.27. The standard InChI is InChI=1S/C21H18Br2N4O2/c1-27(17(28)9-12-5-3-2-4-6-12)16-7-8-24-21(29)18(16)20-25-15-11-13(22)10-14(23)19(15)26-20/h2-8,10-11,17,28H,9H2,1H3,(H,24,29)(H,25,26). The number of aliphatic hydroxyl groups is 1. The lowest BCUT2D eigenvalue weighted by Crippen LogP contribution is -2.34. The highest BCUT2D eigenvalue weighted by molar-refractivity contribution is 9.11. The van der Waals surface area contributed by atoms with Crippen LogP contribution in [0.5, 0.6) is 0 Å². The molecule has 0 amide bonds. The molecule has 6 nitrogen and oxygen atoms in total. The van der Waals surface area contributed by atoms with E-state index in [4.69, 9.17) is 0 Å². The number of pyridine rings is 1. The highest BCUT2D eigenvalue weighted by Crippen LogP contribution is 2.32. The van der Waals surface area contributed by atoms with E-state index in [1.165, 1.54) is 0 Å². The zero-order valence-electron chi connectivity index (χ0n) is 15.5. The molecule has 148 valence electrons. The molecule has 0 radical (unpaired) electrons. The molecule has 8 heteroatoms. The molecule has 0 aliphatic carbocycles. The summed E-state index contributed by atoms with van der Waals surface area (Å²) < 4.78 is 1.71. The number of H-pyrrole nitrogens is 2. The van der Waals surface area contributed by atoms with Gasteiger partial charge in [0.2, 0.25) is 0 Å². The van der Waals surface area contributed by atoms with Crippen LogP contribution >= 0.6 is 31.9 Å². The van der Waals surface area contributed by atoms with Crippen molar-refractivity contribution in [3.05, 3.63) is 79.6 Å². The van der Waals surface area contributed by atoms with Gasteiger partial charge in [-0.15, -0.1) is 0 Å². The summed E-state index contributed by atoms with van der Waals surface area (Å²) in [6.07, 6.45) is 1.20. The van der Waals surface area contributed by atoms with E-state index in [0.717, 1.165) is 25.5 Å². The first kappa shape index (κ1) is 19.9. The maximum absolute atomic E-state index is 12.7. The second kappa shape index (κ2) is 8.14. The minimum absolute atomic E-state index is 0.282. The first-order valence-corrected chi connectivity index (χ1v) is 10.5. The number of nitrogens with one attached hydrogen (secondary N) is 2. The van der Waals surface area contributed by atoms with Gasteiger partial charge in [-0.25, -0.2) is 4.98 Å². The fraction of sp³-hybridized carbons (Fsp3) is 0.143. The zero-order valence-corrected chi connectivity index (χ0v) is 18.7. The number of fused-ring (bicyclic) bond motifs is 1. The molecule has 0 saturated heterocycles. The second-order valence-corrected chi connectivity index (χ2v) is 8.49. The van der Waals surface area contributed by atoms with Gasteiger partial charge in [0, 0.05) is 28.6 Å². The van der Waals surface area contributed by atoms with Crippen LogP contribution in [-0.2, 0) is 6.42 Å². The lowest BCUT2D eigenvalue weighted by molar-refractivity contribution is 0.175. The molecule has 0 bridgehead atoms. The Hall–Kier alpha value is -2.42. The van der Waals surface area contributed by atoms with Gasteiger partial charge in [0.05, 0.1) is 11.2 Å². The predicted molar refractivity (Wildman–Crippen MR) is 122 cm³/mol. The van der Waals surface area contributed by atoms with Gasteiger partial charge < -0.3 is 20.0 Å². The highest BCUT2D eigenvalue weighted by Gasteiger charge is 2.21. The van der Waals surface area contributed by atoms with Crippen LogP contribution in [0, 0.1) is 0 Å². The molecule has 0 fully saturated rings. The SMILES string of the molecule is CN(c1cc[nH]c(=O)c1-c1nc2c(Br)cc(Br)cc2[nH]1)C(O)Cc1ccccc1. The molecular formula is C21H18Br2N4O2. The summed E-state index contributed by atoms with van der Waals surface area (Å²) in [4.78, 5) is 24.9. The minimum atomic E-state index is -0.803. The molecular weight excluding hydrogens is 500 g/mol. The third-order valence-electron chi connectivity index (χ3n) is 4.77. The Morgan fingerprint density at radius 2 is 1.93 bits per heavy atom. The molecule has 4 aromatic rings. The van der Waals surface area contributed by atoms with E-state index in [0.29, 0.717) is 23.5 Å². The first-order chi connectivity index (χ1) is 13.9. The summed E-state index contributed by atoms with van der Waals surface area (Å²) in [6.45, 7) is 0. The van der Waals surface area contributed by atoms with Gasteiger partial charge in [-0.05, 0) is 39.7 Å². The fourth-order valence-electron chi connectivity index (χ4n) is 3.27. The van der Waals surface area contributed by atoms with Crippen molar-refractivity contribution in [2.45, 2.75) is 12.6 Å². The van der Waals surface area contributed by atoms with Crippen LogP contribution in [0.4, 0.5) is 5.69 Å². The summed E-state index contributed by atoms with van der Waals surface area (Å²) in [6, 6.07) is 15.3. The van der Waals surface area contributed by atoms with Crippen molar-refractivity contribution in [3.8, 4) is 11.4 Å². The van der Waals surface area contributed by atoms with E-state index in [-0.39, 0.29) is 5.56 Å². The number of imidazole rings is 1. The Kier molecular flexibility index (Phi) is 5.58. The summed E-state index contributed by atoms with van der Waals surface area (Å²) in [5, 5.41) is 10.8. The number of halogens is 2. The molecule has 1 unspecified atom stereocenters. The van der Waals surface area contributed by atoms with E-state index < -0.39 is 6.23 Å². The number of anilines is 1. The Morgan fingerprint density at radius 3 is 2.69 bits per heavy atom. The van der Waals surface area contributed by atoms with Crippen molar-refractivity contribution in [2.75, 3.05) is 11.9 Å². The number of likely N-dealkylation sites (N-methyl/N-ethyl adjacent to an activating group) is 1. The second-order valence-electron chi connectivity index (χ2n) is 6.72. The van der Waals surface area contributed by atoms with Gasteiger partial charge in [-0.2, -0.15) is 0 Å². The molecule has 0 saturated carbocycles. The Labute approximate surface area is 183 Å². The zero-order chi connectivity index (χ0) is 20.5. The molecule has 2 heterocycles. The van der Waals surface area contributed by atoms with E-state index >= 15 is 0 Å². The summed E-state index contributed by atoms with van der Waals surface area (Å²) in [7, 11) is 1.76.